The summed E-state index contributed by atoms with van der Waals surface area (Å²) in [6, 6.07) is 14.3. The molecule has 0 N–H and O–H groups in total. The van der Waals surface area contributed by atoms with Gasteiger partial charge in [-0.05, 0) is 56.3 Å². The van der Waals surface area contributed by atoms with Crippen LogP contribution < -0.4 is 0 Å². The predicted octanol–water partition coefficient (Wildman–Crippen LogP) is 3.84. The van der Waals surface area contributed by atoms with Crippen molar-refractivity contribution in [3.8, 4) is 5.69 Å². The molecule has 0 unspecified atom stereocenters. The Balaban J connectivity index is 1.26. The standard InChI is InChI=1S/C25H26FN5O/c1-18-15-23(19(2)31(18)22-8-6-20(26)7-9-22)25(32)29-13-11-28(12-14-29)16-21-17-30-10-4-3-5-24(30)27-21/h3-10,15,17H,11-14,16H2,1-2H3. The van der Waals surface area contributed by atoms with Crippen molar-refractivity contribution in [2.24, 2.45) is 0 Å². The Kier molecular flexibility index (Phi) is 5.27. The predicted molar refractivity (Wildman–Crippen MR) is 122 cm³/mol. The molecule has 5 rings (SSSR count). The van der Waals surface area contributed by atoms with Crippen molar-refractivity contribution in [3.05, 3.63) is 89.4 Å². The first-order valence-corrected chi connectivity index (χ1v) is 10.9. The van der Waals surface area contributed by atoms with Gasteiger partial charge in [0.2, 0.25) is 0 Å². The Morgan fingerprint density at radius 3 is 2.50 bits per heavy atom. The second kappa shape index (κ2) is 8.24. The third-order valence-corrected chi connectivity index (χ3v) is 6.21. The first-order valence-electron chi connectivity index (χ1n) is 10.9. The normalized spacial score (nSPS) is 14.9. The zero-order valence-electron chi connectivity index (χ0n) is 18.3. The van der Waals surface area contributed by atoms with Gasteiger partial charge in [-0.1, -0.05) is 6.07 Å². The maximum Gasteiger partial charge on any atom is 0.255 e. The fraction of sp³-hybridized carbons (Fsp3) is 0.280. The van der Waals surface area contributed by atoms with E-state index in [9.17, 15) is 9.18 Å². The first kappa shape index (κ1) is 20.5. The number of hydrogen-bond acceptors (Lipinski definition) is 3. The van der Waals surface area contributed by atoms with E-state index < -0.39 is 0 Å². The number of aromatic nitrogens is 3. The van der Waals surface area contributed by atoms with Gasteiger partial charge >= 0.3 is 0 Å². The molecule has 0 radical (unpaired) electrons. The van der Waals surface area contributed by atoms with Crippen molar-refractivity contribution in [1.29, 1.82) is 0 Å². The number of hydrogen-bond donors (Lipinski definition) is 0. The van der Waals surface area contributed by atoms with Gasteiger partial charge in [0.1, 0.15) is 11.5 Å². The maximum atomic E-state index is 13.3. The van der Waals surface area contributed by atoms with E-state index in [0.29, 0.717) is 18.7 Å². The Bertz CT molecular complexity index is 1230. The molecule has 1 amide bonds. The summed E-state index contributed by atoms with van der Waals surface area (Å²) in [6.45, 7) is 7.71. The van der Waals surface area contributed by atoms with E-state index >= 15 is 0 Å². The van der Waals surface area contributed by atoms with Gasteiger partial charge in [-0.2, -0.15) is 0 Å². The number of fused-ring (bicyclic) bond motifs is 1. The number of pyridine rings is 1. The van der Waals surface area contributed by atoms with Crippen LogP contribution in [0.1, 0.15) is 27.4 Å². The number of imidazole rings is 1. The molecular formula is C25H26FN5O. The van der Waals surface area contributed by atoms with Crippen molar-refractivity contribution in [2.45, 2.75) is 20.4 Å². The fourth-order valence-electron chi connectivity index (χ4n) is 4.54. The highest BCUT2D eigenvalue weighted by molar-refractivity contribution is 5.96. The minimum atomic E-state index is -0.269. The summed E-state index contributed by atoms with van der Waals surface area (Å²) in [5, 5.41) is 0. The number of nitrogens with zero attached hydrogens (tertiary/aromatic N) is 5. The minimum Gasteiger partial charge on any atom is -0.336 e. The molecular weight excluding hydrogens is 405 g/mol. The SMILES string of the molecule is Cc1cc(C(=O)N2CCN(Cc3cn4ccccc4n3)CC2)c(C)n1-c1ccc(F)cc1. The number of benzene rings is 1. The summed E-state index contributed by atoms with van der Waals surface area (Å²) in [4.78, 5) is 22.2. The highest BCUT2D eigenvalue weighted by Gasteiger charge is 2.26. The molecule has 0 atom stereocenters. The third-order valence-electron chi connectivity index (χ3n) is 6.21. The summed E-state index contributed by atoms with van der Waals surface area (Å²) < 4.78 is 17.4. The van der Waals surface area contributed by atoms with Gasteiger partial charge in [-0.15, -0.1) is 0 Å². The lowest BCUT2D eigenvalue weighted by atomic mass is 10.2. The van der Waals surface area contributed by atoms with Gasteiger partial charge in [-0.25, -0.2) is 9.37 Å². The zero-order valence-corrected chi connectivity index (χ0v) is 18.3. The first-order chi connectivity index (χ1) is 15.5. The second-order valence-electron chi connectivity index (χ2n) is 8.36. The van der Waals surface area contributed by atoms with E-state index in [2.05, 4.69) is 16.1 Å². The van der Waals surface area contributed by atoms with Crippen LogP contribution in [0.5, 0.6) is 0 Å². The minimum absolute atomic E-state index is 0.0545. The van der Waals surface area contributed by atoms with Crippen LogP contribution in [0.3, 0.4) is 0 Å². The highest BCUT2D eigenvalue weighted by Crippen LogP contribution is 2.23. The van der Waals surface area contributed by atoms with Crippen molar-refractivity contribution in [1.82, 2.24) is 23.8 Å². The fourth-order valence-corrected chi connectivity index (χ4v) is 4.54. The van der Waals surface area contributed by atoms with Crippen LogP contribution in [-0.2, 0) is 6.54 Å². The van der Waals surface area contributed by atoms with Crippen LogP contribution in [0.2, 0.25) is 0 Å². The quantitative estimate of drug-likeness (QED) is 0.493. The lowest BCUT2D eigenvalue weighted by molar-refractivity contribution is 0.0626. The van der Waals surface area contributed by atoms with Crippen molar-refractivity contribution < 1.29 is 9.18 Å². The molecule has 1 fully saturated rings. The largest absolute Gasteiger partial charge is 0.336 e. The molecule has 4 heterocycles. The van der Waals surface area contributed by atoms with Crippen molar-refractivity contribution in [2.75, 3.05) is 26.2 Å². The molecule has 1 aliphatic rings. The molecule has 3 aromatic heterocycles. The van der Waals surface area contributed by atoms with Crippen LogP contribution in [0.25, 0.3) is 11.3 Å². The molecule has 0 saturated carbocycles. The average molecular weight is 432 g/mol. The van der Waals surface area contributed by atoms with Gasteiger partial charge in [0, 0.05) is 62.2 Å². The van der Waals surface area contributed by atoms with E-state index in [1.165, 1.54) is 12.1 Å². The highest BCUT2D eigenvalue weighted by atomic mass is 19.1. The molecule has 4 aromatic rings. The molecule has 1 aromatic carbocycles. The number of carbonyl (C=O) groups excluding carboxylic acids is 1. The summed E-state index contributed by atoms with van der Waals surface area (Å²) in [6.07, 6.45) is 4.07. The van der Waals surface area contributed by atoms with E-state index in [1.54, 1.807) is 12.1 Å². The monoisotopic (exact) mass is 431 g/mol. The Morgan fingerprint density at radius 2 is 1.78 bits per heavy atom. The smallest absolute Gasteiger partial charge is 0.255 e. The van der Waals surface area contributed by atoms with Crippen LogP contribution in [0, 0.1) is 19.7 Å². The summed E-state index contributed by atoms with van der Waals surface area (Å²) in [7, 11) is 0. The van der Waals surface area contributed by atoms with E-state index in [0.717, 1.165) is 48.1 Å². The number of rotatable bonds is 4. The number of amides is 1. The van der Waals surface area contributed by atoms with E-state index in [1.807, 2.05) is 58.2 Å². The van der Waals surface area contributed by atoms with Gasteiger partial charge in [0.25, 0.3) is 5.91 Å². The topological polar surface area (TPSA) is 45.8 Å². The molecule has 7 heteroatoms. The Hall–Kier alpha value is -3.45. The van der Waals surface area contributed by atoms with Gasteiger partial charge in [0.05, 0.1) is 11.3 Å². The molecule has 6 nitrogen and oxygen atoms in total. The molecule has 32 heavy (non-hydrogen) atoms. The van der Waals surface area contributed by atoms with Crippen LogP contribution in [0.15, 0.2) is 60.9 Å². The maximum absolute atomic E-state index is 13.3. The van der Waals surface area contributed by atoms with Gasteiger partial charge < -0.3 is 13.9 Å². The molecule has 0 spiro atoms. The molecule has 0 aliphatic carbocycles. The van der Waals surface area contributed by atoms with Gasteiger partial charge in [-0.3, -0.25) is 9.69 Å². The van der Waals surface area contributed by atoms with Gasteiger partial charge in [0.15, 0.2) is 0 Å². The Morgan fingerprint density at radius 1 is 1.03 bits per heavy atom. The molecule has 0 bridgehead atoms. The van der Waals surface area contributed by atoms with E-state index in [-0.39, 0.29) is 11.7 Å². The molecule has 1 saturated heterocycles. The summed E-state index contributed by atoms with van der Waals surface area (Å²) >= 11 is 0. The van der Waals surface area contributed by atoms with Crippen molar-refractivity contribution in [3.63, 3.8) is 0 Å². The lowest BCUT2D eigenvalue weighted by Gasteiger charge is -2.34. The third kappa shape index (κ3) is 3.80. The number of carbonyl (C=O) groups is 1. The molecule has 1 aliphatic heterocycles. The van der Waals surface area contributed by atoms with Crippen LogP contribution in [0.4, 0.5) is 4.39 Å². The van der Waals surface area contributed by atoms with Crippen LogP contribution in [-0.4, -0.2) is 55.8 Å². The lowest BCUT2D eigenvalue weighted by Crippen LogP contribution is -2.48. The second-order valence-corrected chi connectivity index (χ2v) is 8.36. The average Bonchev–Trinajstić information content (AvgIpc) is 3.34. The summed E-state index contributed by atoms with van der Waals surface area (Å²) in [5.41, 5.74) is 5.40. The van der Waals surface area contributed by atoms with E-state index in [4.69, 9.17) is 0 Å². The molecule has 164 valence electrons. The zero-order chi connectivity index (χ0) is 22.2. The summed E-state index contributed by atoms with van der Waals surface area (Å²) in [5.74, 6) is -0.215. The number of piperazine rings is 1. The van der Waals surface area contributed by atoms with Crippen LogP contribution >= 0.6 is 0 Å². The number of halogens is 1. The Labute approximate surface area is 186 Å². The van der Waals surface area contributed by atoms with Crippen molar-refractivity contribution >= 4 is 11.6 Å². The number of aryl methyl sites for hydroxylation is 1.